The van der Waals surface area contributed by atoms with Gasteiger partial charge < -0.3 is 10.1 Å². The minimum absolute atomic E-state index is 0.0242. The maximum absolute atomic E-state index is 14.8. The molecule has 6 nitrogen and oxygen atoms in total. The first-order chi connectivity index (χ1) is 12.5. The van der Waals surface area contributed by atoms with Crippen molar-refractivity contribution in [3.63, 3.8) is 0 Å². The Bertz CT molecular complexity index is 1020. The topological polar surface area (TPSA) is 73.2 Å². The van der Waals surface area contributed by atoms with E-state index in [0.29, 0.717) is 12.1 Å². The molecule has 1 aromatic carbocycles. The Morgan fingerprint density at radius 3 is 2.73 bits per heavy atom. The van der Waals surface area contributed by atoms with Gasteiger partial charge in [-0.1, -0.05) is 6.07 Å². The van der Waals surface area contributed by atoms with Crippen molar-refractivity contribution in [3.8, 4) is 17.0 Å². The van der Waals surface area contributed by atoms with Crippen LogP contribution in [0.4, 0.5) is 4.39 Å². The molecule has 0 bridgehead atoms. The third kappa shape index (κ3) is 3.21. The molecule has 136 valence electrons. The molecule has 0 amide bonds. The Kier molecular flexibility index (Phi) is 5.06. The molecular formula is C18H18FN3O3S. The molecule has 2 heterocycles. The van der Waals surface area contributed by atoms with E-state index >= 15 is 0 Å². The molecule has 0 fully saturated rings. The average Bonchev–Trinajstić information content (AvgIpc) is 3.07. The van der Waals surface area contributed by atoms with E-state index < -0.39 is 15.8 Å². The van der Waals surface area contributed by atoms with Crippen LogP contribution in [0.1, 0.15) is 5.56 Å². The van der Waals surface area contributed by atoms with Crippen LogP contribution < -0.4 is 10.1 Å². The summed E-state index contributed by atoms with van der Waals surface area (Å²) < 4.78 is 47.0. The summed E-state index contributed by atoms with van der Waals surface area (Å²) in [5.74, 6) is -0.573. The van der Waals surface area contributed by atoms with Gasteiger partial charge in [0.2, 0.25) is 0 Å². The molecule has 0 saturated carbocycles. The van der Waals surface area contributed by atoms with Gasteiger partial charge in [-0.25, -0.2) is 16.8 Å². The zero-order valence-corrected chi connectivity index (χ0v) is 15.1. The van der Waals surface area contributed by atoms with E-state index in [9.17, 15) is 12.8 Å². The lowest BCUT2D eigenvalue weighted by Crippen LogP contribution is -2.14. The molecule has 0 atom stereocenters. The standard InChI is InChI=1S/C18H18FN3O3S/c1-20-10-13-9-16(15-6-3-7-17(25-2)18(15)19)22(12-13)26(23,24)14-5-4-8-21-11-14/h3-9,11-12,20H,10H2,1-2H3. The zero-order chi connectivity index (χ0) is 18.7. The van der Waals surface area contributed by atoms with E-state index in [2.05, 4.69) is 10.3 Å². The van der Waals surface area contributed by atoms with Crippen molar-refractivity contribution in [3.05, 3.63) is 66.4 Å². The van der Waals surface area contributed by atoms with Gasteiger partial charge in [0.25, 0.3) is 10.0 Å². The number of benzene rings is 1. The van der Waals surface area contributed by atoms with E-state index in [0.717, 1.165) is 3.97 Å². The van der Waals surface area contributed by atoms with Crippen molar-refractivity contribution in [2.45, 2.75) is 11.4 Å². The first-order valence-corrected chi connectivity index (χ1v) is 9.27. The lowest BCUT2D eigenvalue weighted by atomic mass is 10.1. The molecule has 0 aliphatic carbocycles. The van der Waals surface area contributed by atoms with Gasteiger partial charge in [0.05, 0.1) is 12.8 Å². The van der Waals surface area contributed by atoms with Crippen LogP contribution in [0.3, 0.4) is 0 Å². The second kappa shape index (κ2) is 7.27. The lowest BCUT2D eigenvalue weighted by molar-refractivity contribution is 0.387. The molecule has 1 N–H and O–H groups in total. The van der Waals surface area contributed by atoms with Gasteiger partial charge in [-0.15, -0.1) is 0 Å². The first-order valence-electron chi connectivity index (χ1n) is 7.83. The van der Waals surface area contributed by atoms with Crippen LogP contribution in [-0.4, -0.2) is 31.5 Å². The second-order valence-electron chi connectivity index (χ2n) is 5.58. The van der Waals surface area contributed by atoms with Crippen molar-refractivity contribution in [2.24, 2.45) is 0 Å². The van der Waals surface area contributed by atoms with Gasteiger partial charge in [0.1, 0.15) is 4.90 Å². The van der Waals surface area contributed by atoms with E-state index in [1.165, 1.54) is 50.0 Å². The third-order valence-electron chi connectivity index (χ3n) is 3.87. The summed E-state index contributed by atoms with van der Waals surface area (Å²) >= 11 is 0. The molecule has 0 spiro atoms. The monoisotopic (exact) mass is 375 g/mol. The van der Waals surface area contributed by atoms with Crippen molar-refractivity contribution >= 4 is 10.0 Å². The molecule has 0 unspecified atom stereocenters. The Labute approximate surface area is 151 Å². The van der Waals surface area contributed by atoms with Gasteiger partial charge in [0, 0.05) is 30.7 Å². The van der Waals surface area contributed by atoms with Crippen LogP contribution in [-0.2, 0) is 16.6 Å². The van der Waals surface area contributed by atoms with E-state index in [4.69, 9.17) is 4.74 Å². The van der Waals surface area contributed by atoms with Crippen molar-refractivity contribution < 1.29 is 17.5 Å². The number of methoxy groups -OCH3 is 1. The highest BCUT2D eigenvalue weighted by molar-refractivity contribution is 7.90. The molecule has 2 aromatic heterocycles. The first kappa shape index (κ1) is 18.1. The van der Waals surface area contributed by atoms with E-state index in [-0.39, 0.29) is 21.9 Å². The predicted octanol–water partition coefficient (Wildman–Crippen LogP) is 2.65. The number of hydrogen-bond acceptors (Lipinski definition) is 5. The normalized spacial score (nSPS) is 11.5. The average molecular weight is 375 g/mol. The lowest BCUT2D eigenvalue weighted by Gasteiger charge is -2.12. The minimum atomic E-state index is -3.93. The van der Waals surface area contributed by atoms with Crippen LogP contribution in [0, 0.1) is 5.82 Å². The highest BCUT2D eigenvalue weighted by Gasteiger charge is 2.24. The number of hydrogen-bond donors (Lipinski definition) is 1. The zero-order valence-electron chi connectivity index (χ0n) is 14.3. The molecule has 0 radical (unpaired) electrons. The summed E-state index contributed by atoms with van der Waals surface area (Å²) in [6.07, 6.45) is 4.23. The smallest absolute Gasteiger partial charge is 0.269 e. The number of nitrogens with zero attached hydrogens (tertiary/aromatic N) is 2. The van der Waals surface area contributed by atoms with Crippen LogP contribution >= 0.6 is 0 Å². The fourth-order valence-corrected chi connectivity index (χ4v) is 4.03. The number of aromatic nitrogens is 2. The molecule has 26 heavy (non-hydrogen) atoms. The van der Waals surface area contributed by atoms with E-state index in [1.807, 2.05) is 0 Å². The Hall–Kier alpha value is -2.71. The maximum Gasteiger partial charge on any atom is 0.269 e. The van der Waals surface area contributed by atoms with Gasteiger partial charge >= 0.3 is 0 Å². The predicted molar refractivity (Wildman–Crippen MR) is 96.0 cm³/mol. The SMILES string of the molecule is CNCc1cc(-c2cccc(OC)c2F)n(S(=O)(=O)c2cccnc2)c1. The van der Waals surface area contributed by atoms with Crippen molar-refractivity contribution in [2.75, 3.05) is 14.2 Å². The summed E-state index contributed by atoms with van der Waals surface area (Å²) in [5.41, 5.74) is 1.06. The number of pyridine rings is 1. The second-order valence-corrected chi connectivity index (χ2v) is 7.39. The summed E-state index contributed by atoms with van der Waals surface area (Å²) in [4.78, 5) is 3.89. The van der Waals surface area contributed by atoms with Crippen molar-refractivity contribution in [1.82, 2.24) is 14.3 Å². The van der Waals surface area contributed by atoms with Gasteiger partial charge in [-0.05, 0) is 42.9 Å². The molecule has 3 aromatic rings. The highest BCUT2D eigenvalue weighted by atomic mass is 32.2. The molecule has 8 heteroatoms. The number of rotatable bonds is 6. The Balaban J connectivity index is 2.24. The van der Waals surface area contributed by atoms with Gasteiger partial charge in [0.15, 0.2) is 11.6 Å². The van der Waals surface area contributed by atoms with Gasteiger partial charge in [-0.2, -0.15) is 0 Å². The minimum Gasteiger partial charge on any atom is -0.494 e. The number of halogens is 1. The fourth-order valence-electron chi connectivity index (χ4n) is 2.67. The highest BCUT2D eigenvalue weighted by Crippen LogP contribution is 2.32. The van der Waals surface area contributed by atoms with Crippen molar-refractivity contribution in [1.29, 1.82) is 0 Å². The fraction of sp³-hybridized carbons (Fsp3) is 0.167. The van der Waals surface area contributed by atoms with Crippen LogP contribution in [0.2, 0.25) is 0 Å². The number of nitrogens with one attached hydrogen (secondary N) is 1. The number of ether oxygens (including phenoxy) is 1. The Morgan fingerprint density at radius 2 is 2.08 bits per heavy atom. The van der Waals surface area contributed by atoms with Crippen LogP contribution in [0.15, 0.2) is 59.9 Å². The molecule has 0 saturated heterocycles. The van der Waals surface area contributed by atoms with Crippen LogP contribution in [0.25, 0.3) is 11.3 Å². The maximum atomic E-state index is 14.8. The summed E-state index contributed by atoms with van der Waals surface area (Å²) in [6.45, 7) is 0.439. The molecule has 3 rings (SSSR count). The largest absolute Gasteiger partial charge is 0.494 e. The van der Waals surface area contributed by atoms with Crippen LogP contribution in [0.5, 0.6) is 5.75 Å². The van der Waals surface area contributed by atoms with Gasteiger partial charge in [-0.3, -0.25) is 4.98 Å². The van der Waals surface area contributed by atoms with E-state index in [1.54, 1.807) is 19.2 Å². The molecule has 0 aliphatic rings. The summed E-state index contributed by atoms with van der Waals surface area (Å²) in [5, 5.41) is 2.97. The molecular weight excluding hydrogens is 357 g/mol. The summed E-state index contributed by atoms with van der Waals surface area (Å²) in [6, 6.07) is 9.25. The quantitative estimate of drug-likeness (QED) is 0.717. The summed E-state index contributed by atoms with van der Waals surface area (Å²) in [7, 11) is -0.823. The third-order valence-corrected chi connectivity index (χ3v) is 5.53. The molecule has 0 aliphatic heterocycles. The Morgan fingerprint density at radius 1 is 1.27 bits per heavy atom.